The number of nitrogens with zero attached hydrogens (tertiary/aromatic N) is 1. The minimum atomic E-state index is -4.39. The van der Waals surface area contributed by atoms with Crippen LogP contribution in [0.25, 0.3) is 0 Å². The molecule has 1 atom stereocenters. The molecule has 0 saturated heterocycles. The third-order valence-electron chi connectivity index (χ3n) is 4.01. The van der Waals surface area contributed by atoms with Crippen molar-refractivity contribution in [3.63, 3.8) is 0 Å². The van der Waals surface area contributed by atoms with Crippen LogP contribution in [0.15, 0.2) is 52.1 Å². The summed E-state index contributed by atoms with van der Waals surface area (Å²) in [5, 5.41) is 16.3. The molecular weight excluding hydrogens is 542 g/mol. The van der Waals surface area contributed by atoms with Crippen LogP contribution >= 0.6 is 24.0 Å². The molecule has 1 aromatic carbocycles. The van der Waals surface area contributed by atoms with Crippen LogP contribution in [-0.4, -0.2) is 50.0 Å². The van der Waals surface area contributed by atoms with Gasteiger partial charge in [-0.25, -0.2) is 0 Å². The predicted molar refractivity (Wildman–Crippen MR) is 125 cm³/mol. The van der Waals surface area contributed by atoms with Gasteiger partial charge in [0, 0.05) is 19.7 Å². The first kappa shape index (κ1) is 28.0. The van der Waals surface area contributed by atoms with E-state index < -0.39 is 17.8 Å². The monoisotopic (exact) mass is 571 g/mol. The summed E-state index contributed by atoms with van der Waals surface area (Å²) in [5.74, 6) is 1.56. The van der Waals surface area contributed by atoms with Crippen LogP contribution in [0.2, 0.25) is 0 Å². The largest absolute Gasteiger partial charge is 0.491 e. The zero-order chi connectivity index (χ0) is 22.5. The number of hydrogen-bond donors (Lipinski definition) is 3. The topological polar surface area (TPSA) is 88.3 Å². The van der Waals surface area contributed by atoms with Crippen LogP contribution in [0.1, 0.15) is 24.7 Å². The van der Waals surface area contributed by atoms with Crippen molar-refractivity contribution in [3.05, 3.63) is 54.0 Å². The Morgan fingerprint density at radius 3 is 2.56 bits per heavy atom. The Labute approximate surface area is 202 Å². The van der Waals surface area contributed by atoms with E-state index in [1.54, 1.807) is 6.26 Å². The lowest BCUT2D eigenvalue weighted by Gasteiger charge is -2.14. The molecule has 1 aromatic heterocycles. The van der Waals surface area contributed by atoms with Gasteiger partial charge < -0.3 is 29.6 Å². The fraction of sp³-hybridized carbons (Fsp3) is 0.476. The van der Waals surface area contributed by atoms with Gasteiger partial charge >= 0.3 is 6.18 Å². The van der Waals surface area contributed by atoms with E-state index in [4.69, 9.17) is 13.9 Å². The number of aliphatic hydroxyl groups is 1. The molecule has 7 nitrogen and oxygen atoms in total. The molecule has 1 unspecified atom stereocenters. The highest BCUT2D eigenvalue weighted by atomic mass is 127. The zero-order valence-corrected chi connectivity index (χ0v) is 20.1. The van der Waals surface area contributed by atoms with Crippen LogP contribution in [0.4, 0.5) is 13.2 Å². The summed E-state index contributed by atoms with van der Waals surface area (Å²) in [6, 6.07) is 7.97. The number of benzene rings is 1. The molecule has 1 heterocycles. The maximum atomic E-state index is 12.6. The molecule has 0 spiro atoms. The highest BCUT2D eigenvalue weighted by Gasteiger charge is 2.30. The number of aliphatic imine (C=N–C) groups is 1. The van der Waals surface area contributed by atoms with Gasteiger partial charge in [0.2, 0.25) is 0 Å². The van der Waals surface area contributed by atoms with E-state index in [1.807, 2.05) is 19.1 Å². The smallest absolute Gasteiger partial charge is 0.416 e. The van der Waals surface area contributed by atoms with E-state index >= 15 is 0 Å². The fourth-order valence-corrected chi connectivity index (χ4v) is 2.47. The third kappa shape index (κ3) is 11.0. The average molecular weight is 571 g/mol. The lowest BCUT2D eigenvalue weighted by molar-refractivity contribution is -0.137. The lowest BCUT2D eigenvalue weighted by Crippen LogP contribution is -2.39. The van der Waals surface area contributed by atoms with Gasteiger partial charge in [0.05, 0.1) is 18.4 Å². The SMILES string of the molecule is CCNC(=NCC(O)COc1ccc(C(F)(F)F)cc1)NCCCOCc1ccco1.I. The molecule has 180 valence electrons. The van der Waals surface area contributed by atoms with E-state index in [2.05, 4.69) is 15.6 Å². The second-order valence-corrected chi connectivity index (χ2v) is 6.62. The molecule has 32 heavy (non-hydrogen) atoms. The number of alkyl halides is 3. The molecular formula is C21H29F3IN3O4. The first-order chi connectivity index (χ1) is 14.9. The molecule has 11 heteroatoms. The maximum Gasteiger partial charge on any atom is 0.416 e. The van der Waals surface area contributed by atoms with Crippen molar-refractivity contribution in [2.24, 2.45) is 4.99 Å². The molecule has 0 aliphatic heterocycles. The molecule has 0 fully saturated rings. The first-order valence-electron chi connectivity index (χ1n) is 9.99. The molecule has 0 bridgehead atoms. The number of furan rings is 1. The van der Waals surface area contributed by atoms with Crippen LogP contribution in [0.5, 0.6) is 5.75 Å². The highest BCUT2D eigenvalue weighted by Crippen LogP contribution is 2.30. The fourth-order valence-electron chi connectivity index (χ4n) is 2.47. The number of ether oxygens (including phenoxy) is 2. The summed E-state index contributed by atoms with van der Waals surface area (Å²) in [5.41, 5.74) is -0.752. The summed E-state index contributed by atoms with van der Waals surface area (Å²) < 4.78 is 53.7. The number of hydrogen-bond acceptors (Lipinski definition) is 5. The Kier molecular flexibility index (Phi) is 13.1. The molecule has 0 aliphatic rings. The number of halogens is 4. The Balaban J connectivity index is 0.00000512. The van der Waals surface area contributed by atoms with Crippen LogP contribution in [0.3, 0.4) is 0 Å². The van der Waals surface area contributed by atoms with E-state index in [-0.39, 0.29) is 42.9 Å². The quantitative estimate of drug-likeness (QED) is 0.156. The van der Waals surface area contributed by atoms with E-state index in [0.717, 1.165) is 24.3 Å². The van der Waals surface area contributed by atoms with Crippen LogP contribution < -0.4 is 15.4 Å². The number of rotatable bonds is 12. The third-order valence-corrected chi connectivity index (χ3v) is 4.01. The minimum Gasteiger partial charge on any atom is -0.491 e. The van der Waals surface area contributed by atoms with Gasteiger partial charge in [0.15, 0.2) is 5.96 Å². The average Bonchev–Trinajstić information content (AvgIpc) is 3.26. The Morgan fingerprint density at radius 1 is 1.19 bits per heavy atom. The van der Waals surface area contributed by atoms with Gasteiger partial charge in [0.1, 0.15) is 30.8 Å². The molecule has 0 amide bonds. The molecule has 0 aliphatic carbocycles. The van der Waals surface area contributed by atoms with Crippen molar-refractivity contribution >= 4 is 29.9 Å². The van der Waals surface area contributed by atoms with E-state index in [1.165, 1.54) is 12.1 Å². The van der Waals surface area contributed by atoms with Gasteiger partial charge in [-0.05, 0) is 49.7 Å². The number of nitrogens with one attached hydrogen (secondary N) is 2. The van der Waals surface area contributed by atoms with Crippen molar-refractivity contribution in [2.45, 2.75) is 32.2 Å². The zero-order valence-electron chi connectivity index (χ0n) is 17.7. The number of aliphatic hydroxyl groups excluding tert-OH is 1. The Bertz CT molecular complexity index is 772. The summed E-state index contributed by atoms with van der Waals surface area (Å²) in [7, 11) is 0. The first-order valence-corrected chi connectivity index (χ1v) is 9.99. The van der Waals surface area contributed by atoms with Gasteiger partial charge in [-0.3, -0.25) is 4.99 Å². The summed E-state index contributed by atoms with van der Waals surface area (Å²) in [6.07, 6.45) is -2.95. The highest BCUT2D eigenvalue weighted by molar-refractivity contribution is 14.0. The summed E-state index contributed by atoms with van der Waals surface area (Å²) in [4.78, 5) is 4.29. The van der Waals surface area contributed by atoms with Crippen molar-refractivity contribution in [1.82, 2.24) is 10.6 Å². The predicted octanol–water partition coefficient (Wildman–Crippen LogP) is 3.82. The standard InChI is InChI=1S/C21H28F3N3O4.HI/c1-2-25-20(26-10-4-11-29-15-19-5-3-12-30-19)27-13-17(28)14-31-18-8-6-16(7-9-18)21(22,23)24;/h3,5-9,12,17,28H,2,4,10-11,13-15H2,1H3,(H2,25,26,27);1H. The second-order valence-electron chi connectivity index (χ2n) is 6.62. The van der Waals surface area contributed by atoms with E-state index in [9.17, 15) is 18.3 Å². The summed E-state index contributed by atoms with van der Waals surface area (Å²) >= 11 is 0. The molecule has 0 saturated carbocycles. The molecule has 2 aromatic rings. The van der Waals surface area contributed by atoms with E-state index in [0.29, 0.717) is 32.3 Å². The van der Waals surface area contributed by atoms with Gasteiger partial charge in [0.25, 0.3) is 0 Å². The molecule has 3 N–H and O–H groups in total. The Hall–Kier alpha value is -1.99. The Morgan fingerprint density at radius 2 is 1.94 bits per heavy atom. The second kappa shape index (κ2) is 15.0. The van der Waals surface area contributed by atoms with Gasteiger partial charge in [-0.1, -0.05) is 0 Å². The van der Waals surface area contributed by atoms with Crippen LogP contribution in [-0.2, 0) is 17.5 Å². The molecule has 0 radical (unpaired) electrons. The van der Waals surface area contributed by atoms with Crippen molar-refractivity contribution < 1.29 is 32.2 Å². The van der Waals surface area contributed by atoms with Crippen molar-refractivity contribution in [1.29, 1.82) is 0 Å². The normalized spacial score (nSPS) is 12.7. The minimum absolute atomic E-state index is 0. The van der Waals surface area contributed by atoms with Crippen LogP contribution in [0, 0.1) is 0 Å². The maximum absolute atomic E-state index is 12.6. The molecule has 2 rings (SSSR count). The lowest BCUT2D eigenvalue weighted by atomic mass is 10.2. The van der Waals surface area contributed by atoms with Gasteiger partial charge in [-0.15, -0.1) is 24.0 Å². The van der Waals surface area contributed by atoms with Crippen molar-refractivity contribution in [2.75, 3.05) is 32.8 Å². The van der Waals surface area contributed by atoms with Gasteiger partial charge in [-0.2, -0.15) is 13.2 Å². The van der Waals surface area contributed by atoms with Crippen molar-refractivity contribution in [3.8, 4) is 5.75 Å². The summed E-state index contributed by atoms with van der Waals surface area (Å²) in [6.45, 7) is 4.16. The number of guanidine groups is 1.